The van der Waals surface area contributed by atoms with Gasteiger partial charge in [0, 0.05) is 12.8 Å². The summed E-state index contributed by atoms with van der Waals surface area (Å²) in [5.74, 6) is -2.68. The maximum absolute atomic E-state index is 11.7. The van der Waals surface area contributed by atoms with E-state index < -0.39 is 66.5 Å². The summed E-state index contributed by atoms with van der Waals surface area (Å²) in [5.41, 5.74) is 0. The van der Waals surface area contributed by atoms with Gasteiger partial charge in [-0.15, -0.1) is 0 Å². The predicted molar refractivity (Wildman–Crippen MR) is 148 cm³/mol. The van der Waals surface area contributed by atoms with Crippen LogP contribution < -0.4 is 0 Å². The van der Waals surface area contributed by atoms with Gasteiger partial charge in [0.1, 0.15) is 18.3 Å². The van der Waals surface area contributed by atoms with Crippen LogP contribution in [0.15, 0.2) is 0 Å². The largest absolute Gasteiger partial charge is 0.465 e. The Morgan fingerprint density at radius 1 is 0.429 bits per heavy atom. The normalized spacial score (nSPS) is 15.7. The fourth-order valence-electron chi connectivity index (χ4n) is 2.95. The number of hydrogen-bond acceptors (Lipinski definition) is 14. The fourth-order valence-corrected chi connectivity index (χ4v) is 2.95. The molecular formula is C28H50O14. The van der Waals surface area contributed by atoms with Crippen molar-refractivity contribution < 1.29 is 68.1 Å². The molecule has 0 bridgehead atoms. The molecule has 0 saturated carbocycles. The van der Waals surface area contributed by atoms with Crippen molar-refractivity contribution in [2.75, 3.05) is 13.2 Å². The maximum atomic E-state index is 11.7. The van der Waals surface area contributed by atoms with Gasteiger partial charge in [-0.1, -0.05) is 0 Å². The molecule has 0 spiro atoms. The van der Waals surface area contributed by atoms with Crippen LogP contribution in [0.2, 0.25) is 0 Å². The summed E-state index contributed by atoms with van der Waals surface area (Å²) in [7, 11) is 0. The standard InChI is InChI=1S/C16H28O8.C12H22O6/c1-10(17)5-6-22-14(19)8-12(3)24-16(21)9-13(4)23-15(20)7-11(2)18;1-8(13)6-11(15)17-5-4-10(3)18-12(16)7-9(2)14/h10-13,17-18H,5-9H2,1-4H3;8-10,13-14H,4-7H2,1-3H3/t10-,11-,12-,13-;8-,9-,10-/m11/s1. The molecule has 0 fully saturated rings. The minimum absolute atomic E-state index is 0.0454. The second-order valence-electron chi connectivity index (χ2n) is 10.3. The van der Waals surface area contributed by atoms with Crippen LogP contribution in [0.5, 0.6) is 0 Å². The van der Waals surface area contributed by atoms with Crippen molar-refractivity contribution in [1.82, 2.24) is 0 Å². The third kappa shape index (κ3) is 28.7. The van der Waals surface area contributed by atoms with Gasteiger partial charge < -0.3 is 44.1 Å². The lowest BCUT2D eigenvalue weighted by molar-refractivity contribution is -0.159. The van der Waals surface area contributed by atoms with Gasteiger partial charge >= 0.3 is 29.8 Å². The van der Waals surface area contributed by atoms with Crippen LogP contribution in [0.1, 0.15) is 93.4 Å². The quantitative estimate of drug-likeness (QED) is 0.119. The molecule has 0 aliphatic carbocycles. The second kappa shape index (κ2) is 23.7. The van der Waals surface area contributed by atoms with Crippen LogP contribution in [0.4, 0.5) is 0 Å². The van der Waals surface area contributed by atoms with Crippen molar-refractivity contribution in [2.24, 2.45) is 0 Å². The Bertz CT molecular complexity index is 793. The summed E-state index contributed by atoms with van der Waals surface area (Å²) < 4.78 is 24.7. The minimum Gasteiger partial charge on any atom is -0.465 e. The van der Waals surface area contributed by atoms with Crippen LogP contribution in [0.25, 0.3) is 0 Å². The molecule has 4 N–H and O–H groups in total. The van der Waals surface area contributed by atoms with Crippen LogP contribution >= 0.6 is 0 Å². The number of aliphatic hydroxyl groups excluding tert-OH is 4. The highest BCUT2D eigenvalue weighted by Crippen LogP contribution is 2.08. The number of carbonyl (C=O) groups is 5. The van der Waals surface area contributed by atoms with E-state index in [1.54, 1.807) is 20.8 Å². The van der Waals surface area contributed by atoms with Gasteiger partial charge in [0.15, 0.2) is 0 Å². The van der Waals surface area contributed by atoms with E-state index in [2.05, 4.69) is 0 Å². The highest BCUT2D eigenvalue weighted by Gasteiger charge is 2.20. The Balaban J connectivity index is 0. The Kier molecular flexibility index (Phi) is 23.3. The van der Waals surface area contributed by atoms with Crippen LogP contribution in [-0.4, -0.2) is 106 Å². The lowest BCUT2D eigenvalue weighted by atomic mass is 10.2. The van der Waals surface area contributed by atoms with Crippen molar-refractivity contribution >= 4 is 29.8 Å². The monoisotopic (exact) mass is 610 g/mol. The average Bonchev–Trinajstić information content (AvgIpc) is 2.76. The Morgan fingerprint density at radius 3 is 1.14 bits per heavy atom. The van der Waals surface area contributed by atoms with Crippen molar-refractivity contribution in [3.8, 4) is 0 Å². The van der Waals surface area contributed by atoms with Gasteiger partial charge in [-0.25, -0.2) is 0 Å². The van der Waals surface area contributed by atoms with Gasteiger partial charge in [-0.2, -0.15) is 0 Å². The first-order valence-electron chi connectivity index (χ1n) is 14.0. The lowest BCUT2D eigenvalue weighted by Gasteiger charge is -2.16. The van der Waals surface area contributed by atoms with E-state index in [1.165, 1.54) is 27.7 Å². The minimum atomic E-state index is -0.809. The topological polar surface area (TPSA) is 212 Å². The molecule has 14 nitrogen and oxygen atoms in total. The number of esters is 5. The Hall–Kier alpha value is -2.81. The zero-order valence-corrected chi connectivity index (χ0v) is 25.8. The van der Waals surface area contributed by atoms with E-state index >= 15 is 0 Å². The molecule has 0 aliphatic rings. The molecule has 0 aromatic carbocycles. The second-order valence-corrected chi connectivity index (χ2v) is 10.3. The zero-order chi connectivity index (χ0) is 32.8. The van der Waals surface area contributed by atoms with Crippen molar-refractivity contribution in [3.63, 3.8) is 0 Å². The molecule has 42 heavy (non-hydrogen) atoms. The smallest absolute Gasteiger partial charge is 0.309 e. The van der Waals surface area contributed by atoms with Crippen molar-refractivity contribution in [3.05, 3.63) is 0 Å². The van der Waals surface area contributed by atoms with Crippen LogP contribution in [-0.2, 0) is 47.7 Å². The molecule has 0 amide bonds. The van der Waals surface area contributed by atoms with Crippen molar-refractivity contribution in [2.45, 2.75) is 136 Å². The summed E-state index contributed by atoms with van der Waals surface area (Å²) in [6, 6.07) is 0. The molecule has 0 aliphatic heterocycles. The van der Waals surface area contributed by atoms with E-state index in [9.17, 15) is 24.0 Å². The van der Waals surface area contributed by atoms with Gasteiger partial charge in [-0.3, -0.25) is 24.0 Å². The van der Waals surface area contributed by atoms with E-state index in [1.807, 2.05) is 0 Å². The molecule has 14 heteroatoms. The maximum Gasteiger partial charge on any atom is 0.309 e. The SMILES string of the molecule is C[C@H](CC(=O)OCC[C@@H](C)O)OC(=O)C[C@@H](C)OC(=O)C[C@@H](C)O.C[C@H](CCOC(=O)C[C@@H](C)O)OC(=O)C[C@@H](C)O. The number of aliphatic hydroxyl groups is 4. The van der Waals surface area contributed by atoms with Gasteiger partial charge in [0.2, 0.25) is 0 Å². The van der Waals surface area contributed by atoms with Crippen LogP contribution in [0.3, 0.4) is 0 Å². The lowest BCUT2D eigenvalue weighted by Crippen LogP contribution is -2.25. The van der Waals surface area contributed by atoms with E-state index in [0.29, 0.717) is 12.8 Å². The van der Waals surface area contributed by atoms with Crippen molar-refractivity contribution in [1.29, 1.82) is 0 Å². The van der Waals surface area contributed by atoms with E-state index in [4.69, 9.17) is 44.1 Å². The fraction of sp³-hybridized carbons (Fsp3) is 0.821. The highest BCUT2D eigenvalue weighted by molar-refractivity contribution is 5.74. The molecule has 246 valence electrons. The number of rotatable bonds is 19. The number of ether oxygens (including phenoxy) is 5. The predicted octanol–water partition coefficient (Wildman–Crippen LogP) is 1.11. The van der Waals surface area contributed by atoms with E-state index in [-0.39, 0.29) is 51.4 Å². The third-order valence-electron chi connectivity index (χ3n) is 4.88. The van der Waals surface area contributed by atoms with Crippen LogP contribution in [0, 0.1) is 0 Å². The summed E-state index contributed by atoms with van der Waals surface area (Å²) in [6.07, 6.45) is -4.30. The van der Waals surface area contributed by atoms with E-state index in [0.717, 1.165) is 0 Å². The summed E-state index contributed by atoms with van der Waals surface area (Å²) in [4.78, 5) is 56.8. The first kappa shape index (κ1) is 41.3. The molecule has 7 atom stereocenters. The van der Waals surface area contributed by atoms with Gasteiger partial charge in [0.25, 0.3) is 0 Å². The third-order valence-corrected chi connectivity index (χ3v) is 4.88. The first-order chi connectivity index (χ1) is 19.4. The highest BCUT2D eigenvalue weighted by atomic mass is 16.6. The Morgan fingerprint density at radius 2 is 0.738 bits per heavy atom. The molecule has 0 rings (SSSR count). The van der Waals surface area contributed by atoms with Gasteiger partial charge in [0.05, 0.1) is 69.7 Å². The molecule has 0 aromatic rings. The molecule has 0 aromatic heterocycles. The molecule has 0 heterocycles. The molecule has 0 unspecified atom stereocenters. The summed E-state index contributed by atoms with van der Waals surface area (Å²) in [5, 5.41) is 36.0. The Labute approximate surface area is 247 Å². The summed E-state index contributed by atoms with van der Waals surface area (Å²) >= 11 is 0. The number of carbonyl (C=O) groups excluding carboxylic acids is 5. The van der Waals surface area contributed by atoms with Gasteiger partial charge in [-0.05, 0) is 48.5 Å². The molecule has 0 radical (unpaired) electrons. The zero-order valence-electron chi connectivity index (χ0n) is 25.8. The number of hydrogen-bond donors (Lipinski definition) is 4. The molecule has 0 saturated heterocycles. The first-order valence-corrected chi connectivity index (χ1v) is 14.0. The average molecular weight is 611 g/mol. The summed E-state index contributed by atoms with van der Waals surface area (Å²) in [6.45, 7) is 11.1. The molecular weight excluding hydrogens is 560 g/mol.